The number of halogens is 1. The molecular weight excluding hydrogens is 479 g/mol. The first-order valence-corrected chi connectivity index (χ1v) is 11.1. The molecule has 0 aromatic carbocycles. The van der Waals surface area contributed by atoms with Gasteiger partial charge in [-0.3, -0.25) is 4.99 Å². The zero-order valence-electron chi connectivity index (χ0n) is 18.1. The van der Waals surface area contributed by atoms with Crippen LogP contribution in [0, 0.1) is 5.92 Å². The average molecular weight is 518 g/mol. The Balaban J connectivity index is 0.00000300. The maximum Gasteiger partial charge on any atom is 0.191 e. The second kappa shape index (κ2) is 13.5. The smallest absolute Gasteiger partial charge is 0.191 e. The number of nitrogens with zero attached hydrogens (tertiary/aromatic N) is 2. The zero-order valence-corrected chi connectivity index (χ0v) is 20.4. The van der Waals surface area contributed by atoms with Gasteiger partial charge >= 0.3 is 0 Å². The number of furan rings is 1. The third kappa shape index (κ3) is 8.45. The quantitative estimate of drug-likeness (QED) is 0.313. The van der Waals surface area contributed by atoms with Crippen LogP contribution >= 0.6 is 24.0 Å². The second-order valence-corrected chi connectivity index (χ2v) is 8.33. The summed E-state index contributed by atoms with van der Waals surface area (Å²) in [7, 11) is 1.78. The van der Waals surface area contributed by atoms with Gasteiger partial charge in [0.2, 0.25) is 0 Å². The molecule has 1 aliphatic heterocycles. The largest absolute Gasteiger partial charge is 0.469 e. The molecule has 2 fully saturated rings. The van der Waals surface area contributed by atoms with Crippen LogP contribution in [0.5, 0.6) is 0 Å². The lowest BCUT2D eigenvalue weighted by atomic mass is 9.86. The van der Waals surface area contributed by atoms with Crippen molar-refractivity contribution in [3.63, 3.8) is 0 Å². The van der Waals surface area contributed by atoms with Crippen molar-refractivity contribution in [1.82, 2.24) is 15.5 Å². The standard InChI is InChI=1S/C22H38N4O2.HI/c1-18-6-3-4-8-21(18)25-22(23-12-9-20-7-5-16-28-20)24-19-10-13-26(14-11-19)15-17-27-2;/h5,7,16,18-19,21H,3-4,6,8-15,17H2,1-2H3,(H2,23,24,25);1H. The number of likely N-dealkylation sites (tertiary alicyclic amines) is 1. The maximum absolute atomic E-state index is 5.45. The van der Waals surface area contributed by atoms with Gasteiger partial charge in [0.05, 0.1) is 12.9 Å². The fourth-order valence-electron chi connectivity index (χ4n) is 4.29. The summed E-state index contributed by atoms with van der Waals surface area (Å²) >= 11 is 0. The van der Waals surface area contributed by atoms with E-state index in [1.54, 1.807) is 13.4 Å². The van der Waals surface area contributed by atoms with Crippen molar-refractivity contribution in [1.29, 1.82) is 0 Å². The molecule has 1 saturated carbocycles. The van der Waals surface area contributed by atoms with Crippen molar-refractivity contribution in [3.05, 3.63) is 24.2 Å². The van der Waals surface area contributed by atoms with Gasteiger partial charge < -0.3 is 24.7 Å². The number of rotatable bonds is 8. The Morgan fingerprint density at radius 1 is 1.21 bits per heavy atom. The molecule has 3 rings (SSSR count). The second-order valence-electron chi connectivity index (χ2n) is 8.33. The van der Waals surface area contributed by atoms with Crippen LogP contribution in [-0.2, 0) is 11.2 Å². The van der Waals surface area contributed by atoms with E-state index < -0.39 is 0 Å². The van der Waals surface area contributed by atoms with Gasteiger partial charge in [-0.05, 0) is 43.7 Å². The van der Waals surface area contributed by atoms with Crippen LogP contribution in [0.2, 0.25) is 0 Å². The molecule has 29 heavy (non-hydrogen) atoms. The first-order valence-electron chi connectivity index (χ1n) is 11.1. The van der Waals surface area contributed by atoms with E-state index in [2.05, 4.69) is 22.5 Å². The van der Waals surface area contributed by atoms with Gasteiger partial charge in [-0.2, -0.15) is 0 Å². The van der Waals surface area contributed by atoms with Gasteiger partial charge in [0.15, 0.2) is 5.96 Å². The van der Waals surface area contributed by atoms with E-state index in [-0.39, 0.29) is 24.0 Å². The lowest BCUT2D eigenvalue weighted by molar-refractivity contribution is 0.128. The first kappa shape index (κ1) is 24.5. The van der Waals surface area contributed by atoms with Gasteiger partial charge in [0, 0.05) is 51.8 Å². The van der Waals surface area contributed by atoms with Crippen molar-refractivity contribution < 1.29 is 9.15 Å². The number of hydrogen-bond acceptors (Lipinski definition) is 4. The van der Waals surface area contributed by atoms with E-state index in [1.807, 2.05) is 12.1 Å². The molecule has 2 N–H and O–H groups in total. The van der Waals surface area contributed by atoms with Crippen LogP contribution < -0.4 is 10.6 Å². The summed E-state index contributed by atoms with van der Waals surface area (Å²) in [5.74, 6) is 2.70. The van der Waals surface area contributed by atoms with Gasteiger partial charge in [-0.1, -0.05) is 19.8 Å². The lowest BCUT2D eigenvalue weighted by Crippen LogP contribution is -2.52. The molecule has 0 spiro atoms. The molecule has 1 aliphatic carbocycles. The van der Waals surface area contributed by atoms with E-state index in [9.17, 15) is 0 Å². The van der Waals surface area contributed by atoms with Crippen LogP contribution in [0.1, 0.15) is 51.2 Å². The van der Waals surface area contributed by atoms with Gasteiger partial charge in [0.25, 0.3) is 0 Å². The van der Waals surface area contributed by atoms with Gasteiger partial charge in [-0.25, -0.2) is 0 Å². The Kier molecular flexibility index (Phi) is 11.4. The molecule has 7 heteroatoms. The SMILES string of the molecule is COCCN1CCC(NC(=NCCc2ccco2)NC2CCCCC2C)CC1.I. The fourth-order valence-corrected chi connectivity index (χ4v) is 4.29. The number of guanidine groups is 1. The monoisotopic (exact) mass is 518 g/mol. The van der Waals surface area contributed by atoms with Gasteiger partial charge in [0.1, 0.15) is 5.76 Å². The van der Waals surface area contributed by atoms with Crippen molar-refractivity contribution in [2.24, 2.45) is 10.9 Å². The highest BCUT2D eigenvalue weighted by atomic mass is 127. The predicted molar refractivity (Wildman–Crippen MR) is 129 cm³/mol. The minimum atomic E-state index is 0. The van der Waals surface area contributed by atoms with Gasteiger partial charge in [-0.15, -0.1) is 24.0 Å². The van der Waals surface area contributed by atoms with Crippen LogP contribution in [0.15, 0.2) is 27.8 Å². The number of piperidine rings is 1. The van der Waals surface area contributed by atoms with Crippen molar-refractivity contribution in [2.45, 2.75) is 64.0 Å². The minimum absolute atomic E-state index is 0. The molecule has 6 nitrogen and oxygen atoms in total. The molecule has 1 saturated heterocycles. The number of methoxy groups -OCH3 is 1. The van der Waals surface area contributed by atoms with E-state index in [4.69, 9.17) is 14.1 Å². The summed E-state index contributed by atoms with van der Waals surface area (Å²) in [5, 5.41) is 7.48. The lowest BCUT2D eigenvalue weighted by Gasteiger charge is -2.35. The Morgan fingerprint density at radius 2 is 2.00 bits per heavy atom. The highest BCUT2D eigenvalue weighted by molar-refractivity contribution is 14.0. The molecule has 1 aromatic heterocycles. The third-order valence-corrected chi connectivity index (χ3v) is 6.18. The molecule has 166 valence electrons. The molecule has 2 atom stereocenters. The molecule has 2 aliphatic rings. The van der Waals surface area contributed by atoms with E-state index in [0.717, 1.165) is 63.8 Å². The van der Waals surface area contributed by atoms with Crippen LogP contribution in [0.4, 0.5) is 0 Å². The normalized spacial score (nSPS) is 24.1. The van der Waals surface area contributed by atoms with E-state index in [1.165, 1.54) is 25.7 Å². The molecule has 0 radical (unpaired) electrons. The minimum Gasteiger partial charge on any atom is -0.469 e. The Bertz CT molecular complexity index is 573. The van der Waals surface area contributed by atoms with Crippen LogP contribution in [-0.4, -0.2) is 62.8 Å². The number of ether oxygens (including phenoxy) is 1. The summed E-state index contributed by atoms with van der Waals surface area (Å²) in [6.45, 7) is 7.22. The molecular formula is C22H39IN4O2. The first-order chi connectivity index (χ1) is 13.7. The third-order valence-electron chi connectivity index (χ3n) is 6.18. The molecule has 2 unspecified atom stereocenters. The fraction of sp³-hybridized carbons (Fsp3) is 0.773. The number of nitrogens with one attached hydrogen (secondary N) is 2. The molecule has 0 amide bonds. The van der Waals surface area contributed by atoms with E-state index >= 15 is 0 Å². The molecule has 2 heterocycles. The average Bonchev–Trinajstić information content (AvgIpc) is 3.22. The van der Waals surface area contributed by atoms with Crippen molar-refractivity contribution in [3.8, 4) is 0 Å². The highest BCUT2D eigenvalue weighted by Crippen LogP contribution is 2.23. The van der Waals surface area contributed by atoms with Crippen molar-refractivity contribution >= 4 is 29.9 Å². The highest BCUT2D eigenvalue weighted by Gasteiger charge is 2.24. The Hall–Kier alpha value is -0.800. The van der Waals surface area contributed by atoms with Crippen molar-refractivity contribution in [2.75, 3.05) is 39.9 Å². The van der Waals surface area contributed by atoms with E-state index in [0.29, 0.717) is 18.0 Å². The summed E-state index contributed by atoms with van der Waals surface area (Å²) in [6, 6.07) is 4.99. The maximum atomic E-state index is 5.45. The number of aliphatic imine (C=N–C) groups is 1. The summed E-state index contributed by atoms with van der Waals surface area (Å²) in [6.07, 6.45) is 10.1. The zero-order chi connectivity index (χ0) is 19.6. The predicted octanol–water partition coefficient (Wildman–Crippen LogP) is 3.66. The Labute approximate surface area is 193 Å². The topological polar surface area (TPSA) is 62.0 Å². The molecule has 1 aromatic rings. The number of hydrogen-bond donors (Lipinski definition) is 2. The summed E-state index contributed by atoms with van der Waals surface area (Å²) in [5.41, 5.74) is 0. The summed E-state index contributed by atoms with van der Waals surface area (Å²) in [4.78, 5) is 7.38. The molecule has 0 bridgehead atoms. The van der Waals surface area contributed by atoms with Crippen LogP contribution in [0.3, 0.4) is 0 Å². The van der Waals surface area contributed by atoms with Crippen LogP contribution in [0.25, 0.3) is 0 Å². The summed E-state index contributed by atoms with van der Waals surface area (Å²) < 4.78 is 10.7. The Morgan fingerprint density at radius 3 is 2.69 bits per heavy atom.